The second-order valence-corrected chi connectivity index (χ2v) is 8.62. The molecule has 1 fully saturated rings. The molecule has 1 aliphatic rings. The van der Waals surface area contributed by atoms with Gasteiger partial charge in [0.25, 0.3) is 0 Å². The molecule has 2 aromatic carbocycles. The molecule has 0 spiro atoms. The molecule has 0 unspecified atom stereocenters. The number of nitrogen functional groups attached to an aromatic ring is 1. The minimum Gasteiger partial charge on any atom is -0.492 e. The standard InChI is InChI=1S/C24H25N5OS/c25-24-26-22(20-17-21(31-23(20)27-24)18-7-3-1-4-8-18)29-13-11-28(12-14-29)15-16-30-19-9-5-2-6-10-19/h1-10,17H,11-16H2,(H2,25,26,27). The van der Waals surface area contributed by atoms with Gasteiger partial charge in [0, 0.05) is 37.6 Å². The van der Waals surface area contributed by atoms with Gasteiger partial charge in [-0.1, -0.05) is 48.5 Å². The van der Waals surface area contributed by atoms with Crippen molar-refractivity contribution in [3.63, 3.8) is 0 Å². The Morgan fingerprint density at radius 1 is 0.903 bits per heavy atom. The van der Waals surface area contributed by atoms with Crippen LogP contribution in [-0.2, 0) is 0 Å². The molecule has 158 valence electrons. The summed E-state index contributed by atoms with van der Waals surface area (Å²) in [7, 11) is 0. The predicted octanol–water partition coefficient (Wildman–Crippen LogP) is 4.14. The number of para-hydroxylation sites is 1. The van der Waals surface area contributed by atoms with E-state index in [0.717, 1.165) is 54.5 Å². The van der Waals surface area contributed by atoms with Crippen molar-refractivity contribution in [2.75, 3.05) is 50.0 Å². The molecule has 4 aromatic rings. The summed E-state index contributed by atoms with van der Waals surface area (Å²) in [5.74, 6) is 2.20. The Hall–Kier alpha value is -3.16. The van der Waals surface area contributed by atoms with Crippen molar-refractivity contribution in [3.05, 3.63) is 66.7 Å². The van der Waals surface area contributed by atoms with Crippen molar-refractivity contribution in [2.24, 2.45) is 0 Å². The molecule has 6 nitrogen and oxygen atoms in total. The third-order valence-electron chi connectivity index (χ3n) is 5.54. The van der Waals surface area contributed by atoms with Crippen molar-refractivity contribution in [2.45, 2.75) is 0 Å². The normalized spacial score (nSPS) is 14.8. The van der Waals surface area contributed by atoms with Crippen LogP contribution in [-0.4, -0.2) is 54.2 Å². The minimum atomic E-state index is 0.336. The fourth-order valence-electron chi connectivity index (χ4n) is 3.90. The SMILES string of the molecule is Nc1nc(N2CCN(CCOc3ccccc3)CC2)c2cc(-c3ccccc3)sc2n1. The summed E-state index contributed by atoms with van der Waals surface area (Å²) in [5, 5.41) is 1.08. The molecule has 0 atom stereocenters. The molecule has 7 heteroatoms. The summed E-state index contributed by atoms with van der Waals surface area (Å²) in [4.78, 5) is 16.0. The van der Waals surface area contributed by atoms with Gasteiger partial charge in [-0.15, -0.1) is 11.3 Å². The van der Waals surface area contributed by atoms with E-state index in [1.54, 1.807) is 11.3 Å². The maximum Gasteiger partial charge on any atom is 0.223 e. The van der Waals surface area contributed by atoms with E-state index in [0.29, 0.717) is 12.6 Å². The van der Waals surface area contributed by atoms with Gasteiger partial charge in [-0.05, 0) is 23.8 Å². The first kappa shape index (κ1) is 19.8. The van der Waals surface area contributed by atoms with Gasteiger partial charge in [0.05, 0.1) is 5.39 Å². The number of fused-ring (bicyclic) bond motifs is 1. The Morgan fingerprint density at radius 2 is 1.61 bits per heavy atom. The number of thiophene rings is 1. The summed E-state index contributed by atoms with van der Waals surface area (Å²) in [6.07, 6.45) is 0. The third kappa shape index (κ3) is 4.47. The van der Waals surface area contributed by atoms with E-state index in [9.17, 15) is 0 Å². The Kier molecular flexibility index (Phi) is 5.69. The van der Waals surface area contributed by atoms with E-state index in [1.165, 1.54) is 10.4 Å². The van der Waals surface area contributed by atoms with Crippen LogP contribution in [0.25, 0.3) is 20.7 Å². The van der Waals surface area contributed by atoms with Crippen molar-refractivity contribution in [3.8, 4) is 16.2 Å². The average Bonchev–Trinajstić information content (AvgIpc) is 3.24. The highest BCUT2D eigenvalue weighted by molar-refractivity contribution is 7.22. The highest BCUT2D eigenvalue weighted by atomic mass is 32.1. The zero-order valence-electron chi connectivity index (χ0n) is 17.3. The number of anilines is 2. The average molecular weight is 432 g/mol. The monoisotopic (exact) mass is 431 g/mol. The molecular weight excluding hydrogens is 406 g/mol. The number of hydrogen-bond donors (Lipinski definition) is 1. The molecule has 5 rings (SSSR count). The van der Waals surface area contributed by atoms with Crippen LogP contribution in [0, 0.1) is 0 Å². The van der Waals surface area contributed by atoms with Gasteiger partial charge in [0.2, 0.25) is 5.95 Å². The second kappa shape index (κ2) is 8.91. The van der Waals surface area contributed by atoms with Crippen LogP contribution in [0.2, 0.25) is 0 Å². The Bertz CT molecular complexity index is 1140. The highest BCUT2D eigenvalue weighted by Gasteiger charge is 2.22. The third-order valence-corrected chi connectivity index (χ3v) is 6.62. The van der Waals surface area contributed by atoms with Crippen molar-refractivity contribution in [1.82, 2.24) is 14.9 Å². The molecule has 0 aliphatic carbocycles. The van der Waals surface area contributed by atoms with Crippen LogP contribution in [0.15, 0.2) is 66.7 Å². The number of nitrogens with zero attached hydrogens (tertiary/aromatic N) is 4. The summed E-state index contributed by atoms with van der Waals surface area (Å²) in [5.41, 5.74) is 7.25. The molecule has 1 aliphatic heterocycles. The number of ether oxygens (including phenoxy) is 1. The van der Waals surface area contributed by atoms with E-state index in [-0.39, 0.29) is 0 Å². The van der Waals surface area contributed by atoms with Crippen molar-refractivity contribution in [1.29, 1.82) is 0 Å². The summed E-state index contributed by atoms with van der Waals surface area (Å²) in [6, 6.07) is 22.6. The molecule has 0 amide bonds. The van der Waals surface area contributed by atoms with Crippen LogP contribution >= 0.6 is 11.3 Å². The van der Waals surface area contributed by atoms with E-state index in [1.807, 2.05) is 36.4 Å². The molecule has 2 aromatic heterocycles. The van der Waals surface area contributed by atoms with Crippen LogP contribution in [0.5, 0.6) is 5.75 Å². The number of nitrogens with two attached hydrogens (primary N) is 1. The second-order valence-electron chi connectivity index (χ2n) is 7.59. The maximum atomic E-state index is 6.06. The van der Waals surface area contributed by atoms with Gasteiger partial charge in [-0.2, -0.15) is 4.98 Å². The lowest BCUT2D eigenvalue weighted by Crippen LogP contribution is -2.47. The fourth-order valence-corrected chi connectivity index (χ4v) is 4.94. The molecule has 1 saturated heterocycles. The van der Waals surface area contributed by atoms with Gasteiger partial charge in [-0.3, -0.25) is 4.90 Å². The molecule has 0 radical (unpaired) electrons. The summed E-state index contributed by atoms with van der Waals surface area (Å²) < 4.78 is 5.85. The predicted molar refractivity (Wildman–Crippen MR) is 128 cm³/mol. The van der Waals surface area contributed by atoms with Gasteiger partial charge < -0.3 is 15.4 Å². The van der Waals surface area contributed by atoms with Gasteiger partial charge in [0.15, 0.2) is 0 Å². The first-order chi connectivity index (χ1) is 15.3. The Labute approximate surface area is 185 Å². The number of aromatic nitrogens is 2. The van der Waals surface area contributed by atoms with Crippen LogP contribution in [0.4, 0.5) is 11.8 Å². The van der Waals surface area contributed by atoms with E-state index < -0.39 is 0 Å². The number of hydrogen-bond acceptors (Lipinski definition) is 7. The van der Waals surface area contributed by atoms with Gasteiger partial charge in [0.1, 0.15) is 23.0 Å². The minimum absolute atomic E-state index is 0.336. The van der Waals surface area contributed by atoms with E-state index in [2.05, 4.69) is 50.1 Å². The molecule has 3 heterocycles. The molecule has 2 N–H and O–H groups in total. The zero-order chi connectivity index (χ0) is 21.0. The van der Waals surface area contributed by atoms with E-state index in [4.69, 9.17) is 10.5 Å². The molecular formula is C24H25N5OS. The smallest absolute Gasteiger partial charge is 0.223 e. The fraction of sp³-hybridized carbons (Fsp3) is 0.250. The Morgan fingerprint density at radius 3 is 2.35 bits per heavy atom. The lowest BCUT2D eigenvalue weighted by atomic mass is 10.2. The van der Waals surface area contributed by atoms with Crippen LogP contribution in [0.3, 0.4) is 0 Å². The quantitative estimate of drug-likeness (QED) is 0.495. The number of piperazine rings is 1. The highest BCUT2D eigenvalue weighted by Crippen LogP contribution is 2.37. The lowest BCUT2D eigenvalue weighted by molar-refractivity contribution is 0.200. The largest absolute Gasteiger partial charge is 0.492 e. The zero-order valence-corrected chi connectivity index (χ0v) is 18.1. The van der Waals surface area contributed by atoms with Crippen LogP contribution < -0.4 is 15.4 Å². The summed E-state index contributed by atoms with van der Waals surface area (Å²) >= 11 is 1.67. The van der Waals surface area contributed by atoms with Crippen molar-refractivity contribution >= 4 is 33.3 Å². The van der Waals surface area contributed by atoms with E-state index >= 15 is 0 Å². The molecule has 31 heavy (non-hydrogen) atoms. The summed E-state index contributed by atoms with van der Waals surface area (Å²) in [6.45, 7) is 5.37. The molecule has 0 saturated carbocycles. The Balaban J connectivity index is 1.26. The first-order valence-corrected chi connectivity index (χ1v) is 11.4. The first-order valence-electron chi connectivity index (χ1n) is 10.5. The van der Waals surface area contributed by atoms with Crippen LogP contribution in [0.1, 0.15) is 0 Å². The van der Waals surface area contributed by atoms with Crippen molar-refractivity contribution < 1.29 is 4.74 Å². The van der Waals surface area contributed by atoms with Gasteiger partial charge in [-0.25, -0.2) is 4.98 Å². The molecule has 0 bridgehead atoms. The number of rotatable bonds is 6. The van der Waals surface area contributed by atoms with Gasteiger partial charge >= 0.3 is 0 Å². The topological polar surface area (TPSA) is 67.5 Å². The number of benzene rings is 2. The lowest BCUT2D eigenvalue weighted by Gasteiger charge is -2.35. The maximum absolute atomic E-state index is 6.06.